The Labute approximate surface area is 154 Å². The number of esters is 1. The van der Waals surface area contributed by atoms with E-state index < -0.39 is 11.9 Å². The Bertz CT molecular complexity index is 817. The Morgan fingerprint density at radius 1 is 1.12 bits per heavy atom. The van der Waals surface area contributed by atoms with Crippen LogP contribution in [-0.2, 0) is 4.79 Å². The van der Waals surface area contributed by atoms with Gasteiger partial charge in [-0.1, -0.05) is 24.8 Å². The standard InChI is InChI=1S/C19H16INO3/c1-2-4-17(22)24-18-14(5-3-6-16(18)19(21)23)10-7-13-8-11-15(20)12-9-13/h3,5-6,8-9,11-12H,2,4H2,1H3,(H2,21,23). The molecule has 0 atom stereocenters. The lowest BCUT2D eigenvalue weighted by Gasteiger charge is -2.09. The van der Waals surface area contributed by atoms with Gasteiger partial charge in [-0.15, -0.1) is 0 Å². The zero-order valence-electron chi connectivity index (χ0n) is 13.1. The van der Waals surface area contributed by atoms with Crippen LogP contribution in [0.4, 0.5) is 0 Å². The maximum absolute atomic E-state index is 11.8. The third-order valence-electron chi connectivity index (χ3n) is 3.14. The largest absolute Gasteiger partial charge is 0.424 e. The molecule has 0 saturated carbocycles. The van der Waals surface area contributed by atoms with Crippen LogP contribution in [0, 0.1) is 15.4 Å². The fraction of sp³-hybridized carbons (Fsp3) is 0.158. The van der Waals surface area contributed by atoms with Crippen molar-refractivity contribution in [3.8, 4) is 17.6 Å². The van der Waals surface area contributed by atoms with Crippen LogP contribution in [-0.4, -0.2) is 11.9 Å². The minimum atomic E-state index is -0.660. The fourth-order valence-corrected chi connectivity index (χ4v) is 2.34. The summed E-state index contributed by atoms with van der Waals surface area (Å²) in [6.45, 7) is 1.87. The van der Waals surface area contributed by atoms with E-state index in [4.69, 9.17) is 10.5 Å². The van der Waals surface area contributed by atoms with Gasteiger partial charge in [-0.05, 0) is 65.4 Å². The van der Waals surface area contributed by atoms with E-state index in [0.717, 1.165) is 9.13 Å². The summed E-state index contributed by atoms with van der Waals surface area (Å²) in [4.78, 5) is 23.4. The predicted molar refractivity (Wildman–Crippen MR) is 101 cm³/mol. The number of rotatable bonds is 4. The predicted octanol–water partition coefficient (Wildman–Crippen LogP) is 3.50. The summed E-state index contributed by atoms with van der Waals surface area (Å²) in [6.07, 6.45) is 0.915. The molecule has 0 fully saturated rings. The first kappa shape index (κ1) is 18.0. The fourth-order valence-electron chi connectivity index (χ4n) is 1.98. The number of primary amides is 1. The molecule has 2 aromatic rings. The smallest absolute Gasteiger partial charge is 0.311 e. The van der Waals surface area contributed by atoms with Crippen LogP contribution >= 0.6 is 22.6 Å². The van der Waals surface area contributed by atoms with E-state index in [1.165, 1.54) is 6.07 Å². The second-order valence-electron chi connectivity index (χ2n) is 5.03. The number of hydrogen-bond acceptors (Lipinski definition) is 3. The summed E-state index contributed by atoms with van der Waals surface area (Å²) in [5, 5.41) is 0. The number of hydrogen-bond donors (Lipinski definition) is 1. The van der Waals surface area contributed by atoms with Crippen LogP contribution in [0.2, 0.25) is 0 Å². The summed E-state index contributed by atoms with van der Waals surface area (Å²) in [5.41, 5.74) is 6.80. The van der Waals surface area contributed by atoms with Crippen molar-refractivity contribution in [2.45, 2.75) is 19.8 Å². The van der Waals surface area contributed by atoms with Crippen molar-refractivity contribution in [3.63, 3.8) is 0 Å². The molecule has 5 heteroatoms. The highest BCUT2D eigenvalue weighted by Crippen LogP contribution is 2.24. The van der Waals surface area contributed by atoms with Gasteiger partial charge in [-0.3, -0.25) is 9.59 Å². The molecule has 0 aliphatic rings. The van der Waals surface area contributed by atoms with E-state index in [1.54, 1.807) is 12.1 Å². The maximum atomic E-state index is 11.8. The van der Waals surface area contributed by atoms with Crippen molar-refractivity contribution < 1.29 is 14.3 Å². The molecule has 2 N–H and O–H groups in total. The Morgan fingerprint density at radius 2 is 1.83 bits per heavy atom. The Balaban J connectivity index is 2.42. The first-order valence-electron chi connectivity index (χ1n) is 7.42. The molecule has 1 amide bonds. The van der Waals surface area contributed by atoms with E-state index in [9.17, 15) is 9.59 Å². The molecule has 0 saturated heterocycles. The van der Waals surface area contributed by atoms with Gasteiger partial charge in [0, 0.05) is 15.6 Å². The number of benzene rings is 2. The average molecular weight is 433 g/mol. The molecule has 24 heavy (non-hydrogen) atoms. The highest BCUT2D eigenvalue weighted by Gasteiger charge is 2.16. The number of halogens is 1. The number of ether oxygens (including phenoxy) is 1. The Morgan fingerprint density at radius 3 is 2.46 bits per heavy atom. The average Bonchev–Trinajstić information content (AvgIpc) is 2.55. The Hall–Kier alpha value is -2.33. The molecule has 0 radical (unpaired) electrons. The SMILES string of the molecule is CCCC(=O)Oc1c(C#Cc2ccc(I)cc2)cccc1C(N)=O. The quantitative estimate of drug-likeness (QED) is 0.348. The van der Waals surface area contributed by atoms with Gasteiger partial charge in [-0.2, -0.15) is 0 Å². The second-order valence-corrected chi connectivity index (χ2v) is 6.27. The van der Waals surface area contributed by atoms with Gasteiger partial charge in [0.2, 0.25) is 0 Å². The molecule has 0 unspecified atom stereocenters. The van der Waals surface area contributed by atoms with Crippen molar-refractivity contribution in [3.05, 3.63) is 62.7 Å². The van der Waals surface area contributed by atoms with Crippen molar-refractivity contribution in [1.29, 1.82) is 0 Å². The topological polar surface area (TPSA) is 69.4 Å². The van der Waals surface area contributed by atoms with Crippen LogP contribution in [0.3, 0.4) is 0 Å². The van der Waals surface area contributed by atoms with E-state index in [2.05, 4.69) is 34.4 Å². The van der Waals surface area contributed by atoms with Gasteiger partial charge in [0.15, 0.2) is 5.75 Å². The lowest BCUT2D eigenvalue weighted by atomic mass is 10.1. The van der Waals surface area contributed by atoms with Gasteiger partial charge in [-0.25, -0.2) is 0 Å². The number of para-hydroxylation sites is 1. The first-order valence-corrected chi connectivity index (χ1v) is 8.50. The summed E-state index contributed by atoms with van der Waals surface area (Å²) in [6, 6.07) is 12.6. The molecule has 0 spiro atoms. The van der Waals surface area contributed by atoms with Crippen molar-refractivity contribution >= 4 is 34.5 Å². The minimum absolute atomic E-state index is 0.126. The van der Waals surface area contributed by atoms with Crippen LogP contribution < -0.4 is 10.5 Å². The van der Waals surface area contributed by atoms with E-state index in [-0.39, 0.29) is 17.7 Å². The molecule has 0 aliphatic heterocycles. The van der Waals surface area contributed by atoms with Gasteiger partial charge in [0.25, 0.3) is 5.91 Å². The monoisotopic (exact) mass is 433 g/mol. The Kier molecular flexibility index (Phi) is 6.38. The molecule has 122 valence electrons. The molecule has 4 nitrogen and oxygen atoms in total. The molecular weight excluding hydrogens is 417 g/mol. The lowest BCUT2D eigenvalue weighted by Crippen LogP contribution is -2.16. The summed E-state index contributed by atoms with van der Waals surface area (Å²) < 4.78 is 6.46. The number of carbonyl (C=O) groups excluding carboxylic acids is 2. The van der Waals surface area contributed by atoms with Gasteiger partial charge in [0.1, 0.15) is 0 Å². The summed E-state index contributed by atoms with van der Waals surface area (Å²) >= 11 is 2.22. The number of amides is 1. The van der Waals surface area contributed by atoms with Crippen LogP contribution in [0.25, 0.3) is 0 Å². The molecule has 0 aromatic heterocycles. The number of carbonyl (C=O) groups is 2. The van der Waals surface area contributed by atoms with Crippen LogP contribution in [0.1, 0.15) is 41.3 Å². The molecule has 2 aromatic carbocycles. The highest BCUT2D eigenvalue weighted by atomic mass is 127. The van der Waals surface area contributed by atoms with Gasteiger partial charge < -0.3 is 10.5 Å². The third kappa shape index (κ3) is 4.83. The van der Waals surface area contributed by atoms with Crippen molar-refractivity contribution in [2.75, 3.05) is 0 Å². The van der Waals surface area contributed by atoms with Crippen LogP contribution in [0.5, 0.6) is 5.75 Å². The molecular formula is C19H16INO3. The number of nitrogens with two attached hydrogens (primary N) is 1. The van der Waals surface area contributed by atoms with Gasteiger partial charge in [0.05, 0.1) is 11.1 Å². The molecule has 0 aliphatic carbocycles. The third-order valence-corrected chi connectivity index (χ3v) is 3.86. The zero-order chi connectivity index (χ0) is 17.5. The van der Waals surface area contributed by atoms with Crippen molar-refractivity contribution in [1.82, 2.24) is 0 Å². The first-order chi connectivity index (χ1) is 11.5. The summed E-state index contributed by atoms with van der Waals surface area (Å²) in [5.74, 6) is 5.01. The highest BCUT2D eigenvalue weighted by molar-refractivity contribution is 14.1. The van der Waals surface area contributed by atoms with Gasteiger partial charge >= 0.3 is 5.97 Å². The van der Waals surface area contributed by atoms with E-state index in [1.807, 2.05) is 31.2 Å². The van der Waals surface area contributed by atoms with E-state index >= 15 is 0 Å². The summed E-state index contributed by atoms with van der Waals surface area (Å²) in [7, 11) is 0. The normalized spacial score (nSPS) is 9.75. The second kappa shape index (κ2) is 8.50. The molecule has 2 rings (SSSR count). The molecule has 0 bridgehead atoms. The zero-order valence-corrected chi connectivity index (χ0v) is 15.3. The van der Waals surface area contributed by atoms with Crippen molar-refractivity contribution in [2.24, 2.45) is 5.73 Å². The van der Waals surface area contributed by atoms with Crippen LogP contribution in [0.15, 0.2) is 42.5 Å². The minimum Gasteiger partial charge on any atom is -0.424 e. The lowest BCUT2D eigenvalue weighted by molar-refractivity contribution is -0.134. The maximum Gasteiger partial charge on any atom is 0.311 e. The molecule has 0 heterocycles. The van der Waals surface area contributed by atoms with E-state index in [0.29, 0.717) is 12.0 Å².